The van der Waals surface area contributed by atoms with E-state index in [9.17, 15) is 0 Å². The van der Waals surface area contributed by atoms with Gasteiger partial charge in [-0.25, -0.2) is 4.98 Å². The van der Waals surface area contributed by atoms with Crippen molar-refractivity contribution in [2.24, 2.45) is 5.92 Å². The maximum atomic E-state index is 6.54. The SMILES string of the molecule is CCc1nn(-c2[c-]c(Oc3[c-]c4c(cc3)c3cc(CCC(C)C)ccc3n4-c3cc(C(C)(C)C)ccn3)ccc2)c(CC)c1-c1ccccc1.[Pt+2]. The third-order valence-electron chi connectivity index (χ3n) is 9.55. The molecule has 0 unspecified atom stereocenters. The van der Waals surface area contributed by atoms with E-state index < -0.39 is 0 Å². The summed E-state index contributed by atoms with van der Waals surface area (Å²) in [6, 6.07) is 39.0. The number of hydrogen-bond acceptors (Lipinski definition) is 3. The monoisotopic (exact) mass is 853 g/mol. The smallest absolute Gasteiger partial charge is 0.509 e. The molecule has 262 valence electrons. The molecule has 6 heteroatoms. The molecule has 0 radical (unpaired) electrons. The normalized spacial score (nSPS) is 11.8. The standard InChI is InChI=1S/C45H46N4O.Pt/c1-8-39-44(32-14-11-10-12-15-32)40(9-2)49(47-39)34-16-13-17-35(28-34)50-36-21-22-37-38-26-31(19-18-30(3)4)20-23-41(38)48(42(37)29-36)43-27-33(24-25-46-43)45(5,6)7;/h10-17,20-27,30H,8-9,18-19H2,1-7H3;/q-2;+2. The van der Waals surface area contributed by atoms with E-state index >= 15 is 0 Å². The van der Waals surface area contributed by atoms with Crippen molar-refractivity contribution in [3.63, 3.8) is 0 Å². The van der Waals surface area contributed by atoms with Crippen LogP contribution < -0.4 is 4.74 Å². The molecule has 0 aliphatic carbocycles. The predicted octanol–water partition coefficient (Wildman–Crippen LogP) is 11.4. The molecule has 0 N–H and O–H groups in total. The molecule has 4 aromatic carbocycles. The first-order valence-corrected chi connectivity index (χ1v) is 18.0. The largest absolute Gasteiger partial charge is 2.00 e. The van der Waals surface area contributed by atoms with Gasteiger partial charge in [0, 0.05) is 34.5 Å². The minimum Gasteiger partial charge on any atom is -0.509 e. The van der Waals surface area contributed by atoms with E-state index in [1.807, 2.05) is 35.1 Å². The molecule has 7 aromatic rings. The van der Waals surface area contributed by atoms with Gasteiger partial charge in [-0.15, -0.1) is 35.7 Å². The quantitative estimate of drug-likeness (QED) is 0.129. The van der Waals surface area contributed by atoms with E-state index in [1.54, 1.807) is 0 Å². The van der Waals surface area contributed by atoms with Crippen molar-refractivity contribution in [1.29, 1.82) is 0 Å². The molecular formula is C45H46N4OPt. The number of nitrogens with zero attached hydrogens (tertiary/aromatic N) is 4. The van der Waals surface area contributed by atoms with E-state index in [1.165, 1.54) is 27.6 Å². The van der Waals surface area contributed by atoms with Crippen LogP contribution in [0.2, 0.25) is 0 Å². The Morgan fingerprint density at radius 2 is 1.59 bits per heavy atom. The molecular weight excluding hydrogens is 808 g/mol. The van der Waals surface area contributed by atoms with Crippen LogP contribution >= 0.6 is 0 Å². The van der Waals surface area contributed by atoms with Crippen LogP contribution in [0, 0.1) is 18.1 Å². The zero-order valence-corrected chi connectivity index (χ0v) is 32.9. The summed E-state index contributed by atoms with van der Waals surface area (Å²) in [5, 5.41) is 7.40. The molecule has 5 nitrogen and oxygen atoms in total. The number of hydrogen-bond donors (Lipinski definition) is 0. The topological polar surface area (TPSA) is 44.9 Å². The molecule has 3 heterocycles. The zero-order valence-electron chi connectivity index (χ0n) is 30.7. The summed E-state index contributed by atoms with van der Waals surface area (Å²) in [7, 11) is 0. The Bertz CT molecular complexity index is 2290. The van der Waals surface area contributed by atoms with Crippen molar-refractivity contribution < 1.29 is 25.8 Å². The number of ether oxygens (including phenoxy) is 1. The summed E-state index contributed by atoms with van der Waals surface area (Å²) in [6.45, 7) is 15.6. The molecule has 0 fully saturated rings. The molecule has 3 aromatic heterocycles. The third-order valence-corrected chi connectivity index (χ3v) is 9.55. The number of rotatable bonds is 10. The molecule has 0 bridgehead atoms. The van der Waals surface area contributed by atoms with Crippen molar-refractivity contribution in [2.45, 2.75) is 79.6 Å². The molecule has 0 spiro atoms. The minimum atomic E-state index is -0.00866. The van der Waals surface area contributed by atoms with Crippen LogP contribution in [0.4, 0.5) is 0 Å². The van der Waals surface area contributed by atoms with Gasteiger partial charge in [-0.2, -0.15) is 17.2 Å². The van der Waals surface area contributed by atoms with Crippen LogP contribution in [-0.4, -0.2) is 19.3 Å². The van der Waals surface area contributed by atoms with Crippen molar-refractivity contribution in [1.82, 2.24) is 19.3 Å². The van der Waals surface area contributed by atoms with Crippen molar-refractivity contribution in [3.05, 3.63) is 132 Å². The summed E-state index contributed by atoms with van der Waals surface area (Å²) < 4.78 is 10.8. The Balaban J connectivity index is 0.00000448. The number of fused-ring (bicyclic) bond motifs is 3. The summed E-state index contributed by atoms with van der Waals surface area (Å²) in [6.07, 6.45) is 5.81. The number of pyridine rings is 1. The molecule has 0 atom stereocenters. The second kappa shape index (κ2) is 15.0. The number of aryl methyl sites for hydroxylation is 2. The Hall–Kier alpha value is -4.47. The van der Waals surface area contributed by atoms with Crippen molar-refractivity contribution in [3.8, 4) is 34.1 Å². The molecule has 51 heavy (non-hydrogen) atoms. The van der Waals surface area contributed by atoms with E-state index in [-0.39, 0.29) is 26.5 Å². The number of benzene rings is 4. The van der Waals surface area contributed by atoms with E-state index in [0.717, 1.165) is 65.0 Å². The van der Waals surface area contributed by atoms with Gasteiger partial charge in [0.1, 0.15) is 5.82 Å². The summed E-state index contributed by atoms with van der Waals surface area (Å²) >= 11 is 0. The molecule has 0 amide bonds. The van der Waals surface area contributed by atoms with Crippen molar-refractivity contribution >= 4 is 21.8 Å². The molecule has 0 saturated carbocycles. The fraction of sp³-hybridized carbons (Fsp3) is 0.289. The van der Waals surface area contributed by atoms with E-state index in [0.29, 0.717) is 17.4 Å². The van der Waals surface area contributed by atoms with Gasteiger partial charge in [0.05, 0.1) is 5.69 Å². The van der Waals surface area contributed by atoms with E-state index in [2.05, 4.69) is 132 Å². The van der Waals surface area contributed by atoms with Crippen LogP contribution in [0.25, 0.3) is 44.4 Å². The predicted molar refractivity (Wildman–Crippen MR) is 206 cm³/mol. The average molecular weight is 854 g/mol. The van der Waals surface area contributed by atoms with Crippen LogP contribution in [0.5, 0.6) is 11.5 Å². The summed E-state index contributed by atoms with van der Waals surface area (Å²) in [5.41, 5.74) is 10.1. The van der Waals surface area contributed by atoms with Gasteiger partial charge in [-0.3, -0.25) is 4.68 Å². The molecule has 0 aliphatic rings. The Morgan fingerprint density at radius 1 is 0.804 bits per heavy atom. The number of aromatic nitrogens is 4. The fourth-order valence-electron chi connectivity index (χ4n) is 6.84. The molecule has 7 rings (SSSR count). The minimum absolute atomic E-state index is 0. The van der Waals surface area contributed by atoms with Gasteiger partial charge >= 0.3 is 21.1 Å². The van der Waals surface area contributed by atoms with Gasteiger partial charge < -0.3 is 9.30 Å². The second-order valence-corrected chi connectivity index (χ2v) is 14.6. The van der Waals surface area contributed by atoms with Gasteiger partial charge in [-0.05, 0) is 83.0 Å². The van der Waals surface area contributed by atoms with Gasteiger partial charge in [-0.1, -0.05) is 96.4 Å². The Kier molecular flexibility index (Phi) is 10.7. The van der Waals surface area contributed by atoms with E-state index in [4.69, 9.17) is 14.8 Å². The average Bonchev–Trinajstić information content (AvgIpc) is 3.66. The van der Waals surface area contributed by atoms with Gasteiger partial charge in [0.2, 0.25) is 0 Å². The van der Waals surface area contributed by atoms with Crippen LogP contribution in [0.1, 0.15) is 77.4 Å². The van der Waals surface area contributed by atoms with Crippen molar-refractivity contribution in [2.75, 3.05) is 0 Å². The van der Waals surface area contributed by atoms with Gasteiger partial charge in [0.25, 0.3) is 0 Å². The first-order chi connectivity index (χ1) is 24.1. The summed E-state index contributed by atoms with van der Waals surface area (Å²) in [5.74, 6) is 2.76. The molecule has 0 aliphatic heterocycles. The Morgan fingerprint density at radius 3 is 2.31 bits per heavy atom. The first-order valence-electron chi connectivity index (χ1n) is 18.0. The second-order valence-electron chi connectivity index (χ2n) is 14.6. The maximum Gasteiger partial charge on any atom is 2.00 e. The maximum absolute atomic E-state index is 6.54. The van der Waals surface area contributed by atoms with Crippen LogP contribution in [-0.2, 0) is 45.7 Å². The van der Waals surface area contributed by atoms with Crippen LogP contribution in [0.3, 0.4) is 0 Å². The fourth-order valence-corrected chi connectivity index (χ4v) is 6.84. The first kappa shape index (κ1) is 36.3. The van der Waals surface area contributed by atoms with Gasteiger partial charge in [0.15, 0.2) is 0 Å². The van der Waals surface area contributed by atoms with Crippen LogP contribution in [0.15, 0.2) is 97.2 Å². The Labute approximate surface area is 317 Å². The molecule has 0 saturated heterocycles. The zero-order chi connectivity index (χ0) is 35.0. The summed E-state index contributed by atoms with van der Waals surface area (Å²) in [4.78, 5) is 4.88. The third kappa shape index (κ3) is 7.32.